The van der Waals surface area contributed by atoms with E-state index in [9.17, 15) is 9.59 Å². The van der Waals surface area contributed by atoms with Crippen LogP contribution in [0.15, 0.2) is 57.7 Å². The molecule has 0 radical (unpaired) electrons. The molecule has 3 heterocycles. The molecule has 0 bridgehead atoms. The average Bonchev–Trinajstić information content (AvgIpc) is 3.44. The van der Waals surface area contributed by atoms with E-state index in [1.165, 1.54) is 0 Å². The van der Waals surface area contributed by atoms with Crippen LogP contribution in [0.3, 0.4) is 0 Å². The van der Waals surface area contributed by atoms with Crippen LogP contribution in [0.2, 0.25) is 0 Å². The van der Waals surface area contributed by atoms with Gasteiger partial charge in [-0.2, -0.15) is 0 Å². The van der Waals surface area contributed by atoms with Crippen molar-refractivity contribution in [3.63, 3.8) is 0 Å². The number of carbonyl (C=O) groups excluding carboxylic acids is 1. The molecule has 0 spiro atoms. The molecule has 0 saturated carbocycles. The number of para-hydroxylation sites is 3. The van der Waals surface area contributed by atoms with Crippen molar-refractivity contribution in [3.05, 3.63) is 64.1 Å². The van der Waals surface area contributed by atoms with Gasteiger partial charge in [-0.25, -0.2) is 9.78 Å². The number of hydrogen-bond acceptors (Lipinski definition) is 5. The molecular formula is C22H21N3O3S. The fraction of sp³-hybridized carbons (Fsp3) is 0.318. The number of fused-ring (bicyclic) bond motifs is 2. The lowest BCUT2D eigenvalue weighted by Crippen LogP contribution is -2.30. The normalized spacial score (nSPS) is 16.8. The van der Waals surface area contributed by atoms with Crippen molar-refractivity contribution in [3.8, 4) is 0 Å². The average molecular weight is 407 g/mol. The zero-order valence-corrected chi connectivity index (χ0v) is 16.7. The molecule has 1 fully saturated rings. The molecule has 4 aromatic rings. The van der Waals surface area contributed by atoms with E-state index < -0.39 is 0 Å². The Bertz CT molecular complexity index is 1210. The van der Waals surface area contributed by atoms with Gasteiger partial charge in [-0.05, 0) is 43.5 Å². The second-order valence-corrected chi connectivity index (χ2v) is 8.42. The minimum absolute atomic E-state index is 0.0670. The van der Waals surface area contributed by atoms with E-state index in [4.69, 9.17) is 9.40 Å². The third-order valence-electron chi connectivity index (χ3n) is 5.51. The van der Waals surface area contributed by atoms with Gasteiger partial charge in [0.1, 0.15) is 5.01 Å². The van der Waals surface area contributed by atoms with Crippen LogP contribution in [0.25, 0.3) is 21.3 Å². The molecule has 1 amide bonds. The topological polar surface area (TPSA) is 68.3 Å². The summed E-state index contributed by atoms with van der Waals surface area (Å²) in [5.74, 6) is -0.236. The highest BCUT2D eigenvalue weighted by Gasteiger charge is 2.31. The second kappa shape index (κ2) is 7.48. The van der Waals surface area contributed by atoms with E-state index in [1.54, 1.807) is 22.0 Å². The number of aryl methyl sites for hydroxylation is 1. The third-order valence-corrected chi connectivity index (χ3v) is 6.65. The van der Waals surface area contributed by atoms with Crippen molar-refractivity contribution in [2.45, 2.75) is 38.3 Å². The Morgan fingerprint density at radius 3 is 2.90 bits per heavy atom. The van der Waals surface area contributed by atoms with E-state index in [2.05, 4.69) is 6.07 Å². The van der Waals surface area contributed by atoms with Crippen LogP contribution in [0.1, 0.15) is 36.7 Å². The van der Waals surface area contributed by atoms with Crippen LogP contribution < -0.4 is 5.76 Å². The smallest absolute Gasteiger partial charge is 0.408 e. The monoisotopic (exact) mass is 407 g/mol. The summed E-state index contributed by atoms with van der Waals surface area (Å²) in [5.41, 5.74) is 2.36. The fourth-order valence-corrected chi connectivity index (χ4v) is 5.23. The summed E-state index contributed by atoms with van der Waals surface area (Å²) in [5, 5.41) is 1.02. The summed E-state index contributed by atoms with van der Waals surface area (Å²) in [7, 11) is 0. The van der Waals surface area contributed by atoms with Gasteiger partial charge >= 0.3 is 5.76 Å². The molecule has 0 aliphatic carbocycles. The molecule has 1 saturated heterocycles. The molecule has 5 rings (SSSR count). The number of benzene rings is 2. The standard InChI is InChI=1S/C22H21N3O3S/c26-20(12-6-14-25-16-8-2-3-10-18(16)28-22(25)27)24-13-5-9-17(24)21-23-15-7-1-4-11-19(15)29-21/h1-4,7-8,10-11,17H,5-6,9,12-14H2/t17-/m1/s1. The highest BCUT2D eigenvalue weighted by atomic mass is 32.1. The highest BCUT2D eigenvalue weighted by Crippen LogP contribution is 2.36. The zero-order valence-electron chi connectivity index (χ0n) is 15.9. The minimum Gasteiger partial charge on any atom is -0.408 e. The van der Waals surface area contributed by atoms with Crippen molar-refractivity contribution in [2.24, 2.45) is 0 Å². The molecule has 6 nitrogen and oxygen atoms in total. The van der Waals surface area contributed by atoms with Gasteiger partial charge in [0.15, 0.2) is 5.58 Å². The summed E-state index contributed by atoms with van der Waals surface area (Å²) in [6.07, 6.45) is 2.97. The van der Waals surface area contributed by atoms with Crippen molar-refractivity contribution >= 4 is 38.6 Å². The Kier molecular flexibility index (Phi) is 4.67. The number of carbonyl (C=O) groups is 1. The lowest BCUT2D eigenvalue weighted by molar-refractivity contribution is -0.132. The van der Waals surface area contributed by atoms with Gasteiger partial charge in [0.05, 0.1) is 21.8 Å². The summed E-state index contributed by atoms with van der Waals surface area (Å²) >= 11 is 1.68. The number of likely N-dealkylation sites (tertiary alicyclic amines) is 1. The van der Waals surface area contributed by atoms with E-state index in [1.807, 2.05) is 41.3 Å². The van der Waals surface area contributed by atoms with Crippen molar-refractivity contribution < 1.29 is 9.21 Å². The first kappa shape index (κ1) is 18.1. The Morgan fingerprint density at radius 1 is 1.17 bits per heavy atom. The molecule has 7 heteroatoms. The maximum absolute atomic E-state index is 12.9. The summed E-state index contributed by atoms with van der Waals surface area (Å²) < 4.78 is 8.03. The lowest BCUT2D eigenvalue weighted by Gasteiger charge is -2.23. The number of nitrogens with zero attached hydrogens (tertiary/aromatic N) is 3. The molecule has 0 unspecified atom stereocenters. The van der Waals surface area contributed by atoms with E-state index >= 15 is 0 Å². The number of thiazole rings is 1. The summed E-state index contributed by atoms with van der Waals surface area (Å²) in [6.45, 7) is 1.25. The minimum atomic E-state index is -0.368. The molecule has 2 aromatic carbocycles. The maximum atomic E-state index is 12.9. The van der Waals surface area contributed by atoms with Gasteiger partial charge in [-0.15, -0.1) is 11.3 Å². The van der Waals surface area contributed by atoms with Gasteiger partial charge < -0.3 is 9.32 Å². The second-order valence-electron chi connectivity index (χ2n) is 7.36. The van der Waals surface area contributed by atoms with Crippen LogP contribution in [0, 0.1) is 0 Å². The van der Waals surface area contributed by atoms with Crippen LogP contribution in [0.5, 0.6) is 0 Å². The summed E-state index contributed by atoms with van der Waals surface area (Å²) in [6, 6.07) is 15.5. The highest BCUT2D eigenvalue weighted by molar-refractivity contribution is 7.18. The first-order chi connectivity index (χ1) is 14.2. The fourth-order valence-electron chi connectivity index (χ4n) is 4.11. The Hall–Kier alpha value is -2.93. The molecule has 1 aliphatic rings. The molecule has 1 aliphatic heterocycles. The lowest BCUT2D eigenvalue weighted by atomic mass is 10.2. The SMILES string of the molecule is O=C(CCCn1c(=O)oc2ccccc21)N1CCC[C@@H]1c1nc2ccccc2s1. The quantitative estimate of drug-likeness (QED) is 0.493. The van der Waals surface area contributed by atoms with Crippen LogP contribution in [-0.4, -0.2) is 26.9 Å². The van der Waals surface area contributed by atoms with Gasteiger partial charge in [0.2, 0.25) is 5.91 Å². The predicted molar refractivity (Wildman–Crippen MR) is 113 cm³/mol. The van der Waals surface area contributed by atoms with Crippen LogP contribution >= 0.6 is 11.3 Å². The number of oxazole rings is 1. The summed E-state index contributed by atoms with van der Waals surface area (Å²) in [4.78, 5) is 31.7. The van der Waals surface area contributed by atoms with Crippen molar-refractivity contribution in [1.82, 2.24) is 14.5 Å². The molecule has 0 N–H and O–H groups in total. The van der Waals surface area contributed by atoms with Gasteiger partial charge in [0, 0.05) is 19.5 Å². The van der Waals surface area contributed by atoms with E-state index in [0.717, 1.165) is 40.1 Å². The molecule has 1 atom stereocenters. The van der Waals surface area contributed by atoms with Crippen LogP contribution in [-0.2, 0) is 11.3 Å². The predicted octanol–water partition coefficient (Wildman–Crippen LogP) is 4.35. The molecule has 2 aromatic heterocycles. The largest absolute Gasteiger partial charge is 0.419 e. The van der Waals surface area contributed by atoms with Gasteiger partial charge in [-0.1, -0.05) is 24.3 Å². The number of rotatable bonds is 5. The molecule has 148 valence electrons. The van der Waals surface area contributed by atoms with E-state index in [0.29, 0.717) is 25.0 Å². The Morgan fingerprint density at radius 2 is 2.00 bits per heavy atom. The third kappa shape index (κ3) is 3.35. The van der Waals surface area contributed by atoms with Gasteiger partial charge in [-0.3, -0.25) is 9.36 Å². The first-order valence-corrected chi connectivity index (χ1v) is 10.8. The number of aromatic nitrogens is 2. The molecule has 29 heavy (non-hydrogen) atoms. The maximum Gasteiger partial charge on any atom is 0.419 e. The Labute approximate surface area is 171 Å². The first-order valence-electron chi connectivity index (χ1n) is 9.94. The Balaban J connectivity index is 1.27. The van der Waals surface area contributed by atoms with Crippen LogP contribution in [0.4, 0.5) is 0 Å². The number of hydrogen-bond donors (Lipinski definition) is 0. The van der Waals surface area contributed by atoms with Crippen molar-refractivity contribution in [1.29, 1.82) is 0 Å². The zero-order chi connectivity index (χ0) is 19.8. The van der Waals surface area contributed by atoms with Gasteiger partial charge in [0.25, 0.3) is 0 Å². The number of amides is 1. The molecular weight excluding hydrogens is 386 g/mol. The van der Waals surface area contributed by atoms with Crippen molar-refractivity contribution in [2.75, 3.05) is 6.54 Å². The van der Waals surface area contributed by atoms with E-state index in [-0.39, 0.29) is 17.7 Å².